The molecule has 2 aliphatic heterocycles. The Kier molecular flexibility index (Phi) is 5.83. The van der Waals surface area contributed by atoms with Crippen LogP contribution in [0.5, 0.6) is 0 Å². The van der Waals surface area contributed by atoms with E-state index in [9.17, 15) is 18.3 Å². The molecule has 4 heterocycles. The first-order valence-electron chi connectivity index (χ1n) is 9.53. The van der Waals surface area contributed by atoms with Gasteiger partial charge in [0.15, 0.2) is 5.15 Å². The zero-order valence-corrected chi connectivity index (χ0v) is 16.3. The molecule has 4 rings (SSSR count). The molecule has 12 heteroatoms. The van der Waals surface area contributed by atoms with Gasteiger partial charge in [0.05, 0.1) is 31.5 Å². The van der Waals surface area contributed by atoms with Gasteiger partial charge in [-0.15, -0.1) is 5.10 Å². The van der Waals surface area contributed by atoms with E-state index in [4.69, 9.17) is 16.3 Å². The van der Waals surface area contributed by atoms with E-state index in [1.807, 2.05) is 0 Å². The minimum Gasteiger partial charge on any atom is -0.389 e. The normalized spacial score (nSPS) is 26.7. The van der Waals surface area contributed by atoms with Crippen LogP contribution < -0.4 is 5.32 Å². The summed E-state index contributed by atoms with van der Waals surface area (Å²) in [6.07, 6.45) is -1.45. The van der Waals surface area contributed by atoms with Crippen LogP contribution in [-0.4, -0.2) is 80.8 Å². The highest BCUT2D eigenvalue weighted by molar-refractivity contribution is 6.32. The van der Waals surface area contributed by atoms with E-state index in [1.54, 1.807) is 4.52 Å². The van der Waals surface area contributed by atoms with Crippen LogP contribution >= 0.6 is 11.6 Å². The van der Waals surface area contributed by atoms with Crippen LogP contribution in [0, 0.1) is 0 Å². The van der Waals surface area contributed by atoms with E-state index in [2.05, 4.69) is 20.4 Å². The summed E-state index contributed by atoms with van der Waals surface area (Å²) in [7, 11) is 0. The Morgan fingerprint density at radius 3 is 2.93 bits per heavy atom. The minimum absolute atomic E-state index is 0.214. The highest BCUT2D eigenvalue weighted by Gasteiger charge is 2.35. The monoisotopic (exact) mass is 434 g/mol. The predicted octanol–water partition coefficient (Wildman–Crippen LogP) is 2.08. The van der Waals surface area contributed by atoms with E-state index in [-0.39, 0.29) is 30.3 Å². The van der Waals surface area contributed by atoms with Gasteiger partial charge in [-0.3, -0.25) is 4.90 Å². The summed E-state index contributed by atoms with van der Waals surface area (Å²) in [4.78, 5) is 10.00. The Balaban J connectivity index is 1.57. The maximum absolute atomic E-state index is 12.8. The Labute approximate surface area is 170 Å². The number of anilines is 1. The van der Waals surface area contributed by atoms with Crippen molar-refractivity contribution in [2.24, 2.45) is 0 Å². The van der Waals surface area contributed by atoms with Gasteiger partial charge in [0.1, 0.15) is 11.3 Å². The Bertz CT molecular complexity index is 864. The molecule has 29 heavy (non-hydrogen) atoms. The Morgan fingerprint density at radius 1 is 1.34 bits per heavy atom. The number of aliphatic hydroxyl groups excluding tert-OH is 1. The van der Waals surface area contributed by atoms with Gasteiger partial charge in [0, 0.05) is 19.1 Å². The van der Waals surface area contributed by atoms with Gasteiger partial charge in [-0.2, -0.15) is 13.2 Å². The second-order valence-electron chi connectivity index (χ2n) is 7.51. The minimum atomic E-state index is -4.24. The first-order chi connectivity index (χ1) is 13.8. The highest BCUT2D eigenvalue weighted by atomic mass is 35.5. The number of hydrogen-bond acceptors (Lipinski definition) is 7. The van der Waals surface area contributed by atoms with Crippen LogP contribution in [0.4, 0.5) is 19.1 Å². The van der Waals surface area contributed by atoms with E-state index < -0.39 is 18.8 Å². The number of nitrogens with one attached hydrogen (secondary N) is 1. The van der Waals surface area contributed by atoms with Crippen LogP contribution in [0.2, 0.25) is 5.15 Å². The lowest BCUT2D eigenvalue weighted by Gasteiger charge is -2.32. The molecule has 160 valence electrons. The van der Waals surface area contributed by atoms with Crippen molar-refractivity contribution >= 4 is 23.1 Å². The fourth-order valence-corrected chi connectivity index (χ4v) is 4.14. The summed E-state index contributed by atoms with van der Waals surface area (Å²) in [5.74, 6) is 0.596. The van der Waals surface area contributed by atoms with Gasteiger partial charge >= 0.3 is 6.18 Å². The van der Waals surface area contributed by atoms with Gasteiger partial charge in [-0.05, 0) is 25.8 Å². The molecule has 0 aliphatic carbocycles. The van der Waals surface area contributed by atoms with Crippen LogP contribution in [0.25, 0.3) is 5.52 Å². The number of piperidine rings is 1. The number of rotatable bonds is 4. The van der Waals surface area contributed by atoms with Crippen LogP contribution in [0.3, 0.4) is 0 Å². The molecule has 3 atom stereocenters. The van der Waals surface area contributed by atoms with Crippen LogP contribution in [-0.2, 0) is 4.74 Å². The average molecular weight is 435 g/mol. The van der Waals surface area contributed by atoms with Crippen molar-refractivity contribution in [1.82, 2.24) is 24.5 Å². The third-order valence-corrected chi connectivity index (χ3v) is 5.57. The maximum atomic E-state index is 12.8. The molecule has 2 aliphatic rings. The number of nitrogens with zero attached hydrogens (tertiary/aromatic N) is 5. The van der Waals surface area contributed by atoms with Crippen molar-refractivity contribution in [1.29, 1.82) is 0 Å². The molecule has 1 unspecified atom stereocenters. The molecule has 2 aromatic heterocycles. The molecule has 2 N–H and O–H groups in total. The first kappa shape index (κ1) is 20.6. The van der Waals surface area contributed by atoms with Crippen molar-refractivity contribution in [3.05, 3.63) is 17.2 Å². The van der Waals surface area contributed by atoms with Gasteiger partial charge in [0.25, 0.3) is 0 Å². The summed E-state index contributed by atoms with van der Waals surface area (Å²) >= 11 is 6.22. The molecule has 0 radical (unpaired) electrons. The van der Waals surface area contributed by atoms with Crippen molar-refractivity contribution in [2.75, 3.05) is 38.2 Å². The van der Waals surface area contributed by atoms with Crippen molar-refractivity contribution in [2.45, 2.75) is 43.5 Å². The molecule has 8 nitrogen and oxygen atoms in total. The number of aliphatic hydroxyl groups is 1. The summed E-state index contributed by atoms with van der Waals surface area (Å²) in [6.45, 7) is 0.455. The first-order valence-corrected chi connectivity index (χ1v) is 9.90. The summed E-state index contributed by atoms with van der Waals surface area (Å²) in [6, 6.07) is -0.249. The zero-order chi connectivity index (χ0) is 20.6. The molecule has 2 saturated heterocycles. The highest BCUT2D eigenvalue weighted by Crippen LogP contribution is 2.31. The summed E-state index contributed by atoms with van der Waals surface area (Å²) < 4.78 is 45.1. The van der Waals surface area contributed by atoms with Crippen molar-refractivity contribution < 1.29 is 23.0 Å². The van der Waals surface area contributed by atoms with E-state index in [1.165, 1.54) is 11.1 Å². The van der Waals surface area contributed by atoms with Gasteiger partial charge < -0.3 is 15.2 Å². The number of ether oxygens (including phenoxy) is 1. The molecular weight excluding hydrogens is 413 g/mol. The molecule has 0 bridgehead atoms. The lowest BCUT2D eigenvalue weighted by atomic mass is 9.97. The number of likely N-dealkylation sites (tertiary alicyclic amines) is 1. The van der Waals surface area contributed by atoms with E-state index >= 15 is 0 Å². The second kappa shape index (κ2) is 8.21. The average Bonchev–Trinajstić information content (AvgIpc) is 2.99. The van der Waals surface area contributed by atoms with E-state index in [0.717, 1.165) is 0 Å². The SMILES string of the molecule is O[C@@H]1COCC[C@@H]1Nc1ncc2c(Cl)nc(C3CCCN(CC(F)(F)F)C3)n2n1. The standard InChI is InChI=1S/C17H22ClF3N6O2/c18-14-12-6-22-16(23-11-3-5-29-8-13(11)28)25-27(12)15(24-14)10-2-1-4-26(7-10)9-17(19,20)21/h6,10-11,13,28H,1-5,7-9H2,(H,23,25)/t10?,11-,13+/m0/s1. The maximum Gasteiger partial charge on any atom is 0.401 e. The quantitative estimate of drug-likeness (QED) is 0.761. The lowest BCUT2D eigenvalue weighted by molar-refractivity contribution is -0.148. The smallest absolute Gasteiger partial charge is 0.389 e. The van der Waals surface area contributed by atoms with E-state index in [0.29, 0.717) is 49.7 Å². The number of halogens is 4. The van der Waals surface area contributed by atoms with Gasteiger partial charge in [-0.1, -0.05) is 11.6 Å². The molecule has 0 aromatic carbocycles. The largest absolute Gasteiger partial charge is 0.401 e. The fourth-order valence-electron chi connectivity index (χ4n) is 3.92. The van der Waals surface area contributed by atoms with Gasteiger partial charge in [-0.25, -0.2) is 14.5 Å². The molecule has 0 saturated carbocycles. The second-order valence-corrected chi connectivity index (χ2v) is 7.87. The fraction of sp³-hybridized carbons (Fsp3) is 0.706. The number of fused-ring (bicyclic) bond motifs is 1. The number of imidazole rings is 1. The third-order valence-electron chi connectivity index (χ3n) is 5.29. The Hall–Kier alpha value is -1.69. The van der Waals surface area contributed by atoms with Crippen LogP contribution in [0.15, 0.2) is 6.20 Å². The third kappa shape index (κ3) is 4.73. The van der Waals surface area contributed by atoms with Crippen molar-refractivity contribution in [3.8, 4) is 0 Å². The van der Waals surface area contributed by atoms with Crippen LogP contribution in [0.1, 0.15) is 31.0 Å². The molecule has 2 aromatic rings. The zero-order valence-electron chi connectivity index (χ0n) is 15.6. The van der Waals surface area contributed by atoms with Gasteiger partial charge in [0.2, 0.25) is 5.95 Å². The number of aromatic nitrogens is 4. The molecule has 0 amide bonds. The summed E-state index contributed by atoms with van der Waals surface area (Å²) in [5, 5.41) is 17.8. The summed E-state index contributed by atoms with van der Waals surface area (Å²) in [5.41, 5.74) is 0.493. The molecular formula is C17H22ClF3N6O2. The Morgan fingerprint density at radius 2 is 2.17 bits per heavy atom. The lowest BCUT2D eigenvalue weighted by Crippen LogP contribution is -2.42. The molecule has 2 fully saturated rings. The number of alkyl halides is 3. The molecule has 0 spiro atoms. The predicted molar refractivity (Wildman–Crippen MR) is 99.1 cm³/mol. The van der Waals surface area contributed by atoms with Crippen molar-refractivity contribution in [3.63, 3.8) is 0 Å². The number of hydrogen-bond donors (Lipinski definition) is 2. The topological polar surface area (TPSA) is 87.8 Å².